The lowest BCUT2D eigenvalue weighted by atomic mass is 9.78. The Kier molecular flexibility index (Phi) is 7.85. The van der Waals surface area contributed by atoms with Crippen LogP contribution in [-0.2, 0) is 4.79 Å². The molecule has 39 heavy (non-hydrogen) atoms. The number of carbonyl (C=O) groups is 2. The van der Waals surface area contributed by atoms with E-state index in [1.165, 1.54) is 70.5 Å². The summed E-state index contributed by atoms with van der Waals surface area (Å²) < 4.78 is 47.6. The number of piperazine rings is 1. The minimum atomic E-state index is -0.935. The zero-order chi connectivity index (χ0) is 27.5. The SMILES string of the molecule is O=C(Oc1ccc(C2C(CCC(O)c3ccc(F)cc3)C(=O)N2c2ccc(F)cc2)c(F)c1)N1CCNCC1. The Hall–Kier alpha value is -3.89. The van der Waals surface area contributed by atoms with Crippen LogP contribution in [0.15, 0.2) is 66.7 Å². The molecule has 3 aromatic carbocycles. The van der Waals surface area contributed by atoms with Crippen molar-refractivity contribution in [2.24, 2.45) is 5.92 Å². The van der Waals surface area contributed by atoms with Gasteiger partial charge in [-0.1, -0.05) is 18.2 Å². The predicted octanol–water partition coefficient (Wildman–Crippen LogP) is 4.73. The Morgan fingerprint density at radius 2 is 1.62 bits per heavy atom. The Morgan fingerprint density at radius 3 is 2.26 bits per heavy atom. The number of amides is 2. The van der Waals surface area contributed by atoms with Crippen LogP contribution >= 0.6 is 0 Å². The first-order chi connectivity index (χ1) is 18.8. The number of ether oxygens (including phenoxy) is 1. The average molecular weight is 540 g/mol. The lowest BCUT2D eigenvalue weighted by molar-refractivity contribution is -0.131. The van der Waals surface area contributed by atoms with E-state index in [1.807, 2.05) is 0 Å². The lowest BCUT2D eigenvalue weighted by Gasteiger charge is -2.48. The Morgan fingerprint density at radius 1 is 0.974 bits per heavy atom. The summed E-state index contributed by atoms with van der Waals surface area (Å²) in [6.45, 7) is 2.27. The van der Waals surface area contributed by atoms with E-state index < -0.39 is 41.6 Å². The van der Waals surface area contributed by atoms with Crippen molar-refractivity contribution in [1.82, 2.24) is 10.2 Å². The molecule has 204 valence electrons. The number of hydrogen-bond acceptors (Lipinski definition) is 5. The summed E-state index contributed by atoms with van der Waals surface area (Å²) in [5, 5.41) is 13.7. The average Bonchev–Trinajstić information content (AvgIpc) is 2.94. The number of aliphatic hydroxyl groups excluding tert-OH is 1. The predicted molar refractivity (Wildman–Crippen MR) is 138 cm³/mol. The molecule has 0 aliphatic carbocycles. The Labute approximate surface area is 223 Å². The molecule has 2 aliphatic rings. The highest BCUT2D eigenvalue weighted by molar-refractivity contribution is 6.03. The summed E-state index contributed by atoms with van der Waals surface area (Å²) in [6.07, 6.45) is -1.07. The van der Waals surface area contributed by atoms with Crippen LogP contribution in [0.4, 0.5) is 23.7 Å². The topological polar surface area (TPSA) is 82.1 Å². The lowest BCUT2D eigenvalue weighted by Crippen LogP contribution is -2.55. The number of halogens is 3. The summed E-state index contributed by atoms with van der Waals surface area (Å²) >= 11 is 0. The van der Waals surface area contributed by atoms with Crippen LogP contribution < -0.4 is 15.0 Å². The van der Waals surface area contributed by atoms with Crippen LogP contribution in [-0.4, -0.2) is 48.2 Å². The van der Waals surface area contributed by atoms with Gasteiger partial charge >= 0.3 is 6.09 Å². The number of nitrogens with zero attached hydrogens (tertiary/aromatic N) is 2. The van der Waals surface area contributed by atoms with Crippen molar-refractivity contribution in [3.8, 4) is 5.75 Å². The molecule has 3 aromatic rings. The Balaban J connectivity index is 1.36. The Bertz CT molecular complexity index is 1330. The van der Waals surface area contributed by atoms with Crippen molar-refractivity contribution in [3.05, 3.63) is 95.3 Å². The molecule has 0 aromatic heterocycles. The van der Waals surface area contributed by atoms with Gasteiger partial charge in [0.15, 0.2) is 0 Å². The van der Waals surface area contributed by atoms with Gasteiger partial charge in [-0.2, -0.15) is 0 Å². The maximum absolute atomic E-state index is 15.5. The second-order valence-electron chi connectivity index (χ2n) is 9.67. The molecule has 0 bridgehead atoms. The maximum atomic E-state index is 15.5. The monoisotopic (exact) mass is 539 g/mol. The zero-order valence-electron chi connectivity index (χ0n) is 21.0. The maximum Gasteiger partial charge on any atom is 0.415 e. The summed E-state index contributed by atoms with van der Waals surface area (Å²) in [5.74, 6) is -2.45. The molecule has 2 N–H and O–H groups in total. The van der Waals surface area contributed by atoms with Gasteiger partial charge in [-0.15, -0.1) is 0 Å². The van der Waals surface area contributed by atoms with E-state index >= 15 is 4.39 Å². The second-order valence-corrected chi connectivity index (χ2v) is 9.67. The van der Waals surface area contributed by atoms with Crippen LogP contribution in [0.1, 0.15) is 36.1 Å². The zero-order valence-corrected chi connectivity index (χ0v) is 21.0. The number of rotatable bonds is 7. The first kappa shape index (κ1) is 26.7. The largest absolute Gasteiger partial charge is 0.415 e. The first-order valence-electron chi connectivity index (χ1n) is 12.8. The van der Waals surface area contributed by atoms with Crippen LogP contribution in [0.25, 0.3) is 0 Å². The molecule has 0 radical (unpaired) electrons. The van der Waals surface area contributed by atoms with Crippen LogP contribution in [0.3, 0.4) is 0 Å². The molecule has 2 amide bonds. The highest BCUT2D eigenvalue weighted by Crippen LogP contribution is 2.47. The van der Waals surface area contributed by atoms with E-state index in [0.717, 1.165) is 6.07 Å². The third kappa shape index (κ3) is 5.76. The quantitative estimate of drug-likeness (QED) is 0.425. The minimum absolute atomic E-state index is 0.0436. The molecule has 10 heteroatoms. The molecule has 2 aliphatic heterocycles. The number of anilines is 1. The fourth-order valence-electron chi connectivity index (χ4n) is 5.09. The van der Waals surface area contributed by atoms with Gasteiger partial charge in [-0.3, -0.25) is 4.79 Å². The van der Waals surface area contributed by atoms with Gasteiger partial charge in [0.25, 0.3) is 0 Å². The molecule has 2 fully saturated rings. The third-order valence-corrected chi connectivity index (χ3v) is 7.20. The molecule has 0 saturated carbocycles. The van der Waals surface area contributed by atoms with Gasteiger partial charge in [0.05, 0.1) is 18.1 Å². The highest BCUT2D eigenvalue weighted by atomic mass is 19.1. The molecule has 5 rings (SSSR count). The summed E-state index contributed by atoms with van der Waals surface area (Å²) in [6, 6.07) is 14.2. The normalized spacial score (nSPS) is 19.9. The van der Waals surface area contributed by atoms with Crippen molar-refractivity contribution >= 4 is 17.7 Å². The van der Waals surface area contributed by atoms with E-state index in [0.29, 0.717) is 37.4 Å². The molecule has 0 spiro atoms. The molecule has 2 heterocycles. The number of benzene rings is 3. The number of aliphatic hydroxyl groups is 1. The number of β-lactam (4-membered cyclic amide) rings is 1. The van der Waals surface area contributed by atoms with Gasteiger partial charge in [-0.25, -0.2) is 18.0 Å². The first-order valence-corrected chi connectivity index (χ1v) is 12.8. The van der Waals surface area contributed by atoms with E-state index in [2.05, 4.69) is 5.32 Å². The van der Waals surface area contributed by atoms with E-state index in [4.69, 9.17) is 4.74 Å². The third-order valence-electron chi connectivity index (χ3n) is 7.20. The van der Waals surface area contributed by atoms with E-state index in [1.54, 1.807) is 0 Å². The summed E-state index contributed by atoms with van der Waals surface area (Å²) in [4.78, 5) is 28.6. The number of hydrogen-bond donors (Lipinski definition) is 2. The van der Waals surface area contributed by atoms with Gasteiger partial charge in [0, 0.05) is 43.5 Å². The van der Waals surface area contributed by atoms with Gasteiger partial charge in [0.1, 0.15) is 23.2 Å². The molecular weight excluding hydrogens is 511 g/mol. The van der Waals surface area contributed by atoms with E-state index in [-0.39, 0.29) is 30.1 Å². The van der Waals surface area contributed by atoms with Crippen molar-refractivity contribution in [1.29, 1.82) is 0 Å². The van der Waals surface area contributed by atoms with Gasteiger partial charge in [0.2, 0.25) is 5.91 Å². The number of carbonyl (C=O) groups excluding carboxylic acids is 2. The molecular formula is C29H28F3N3O4. The highest BCUT2D eigenvalue weighted by Gasteiger charge is 2.49. The molecule has 7 nitrogen and oxygen atoms in total. The van der Waals surface area contributed by atoms with E-state index in [9.17, 15) is 23.5 Å². The van der Waals surface area contributed by atoms with Crippen LogP contribution in [0.2, 0.25) is 0 Å². The summed E-state index contributed by atoms with van der Waals surface area (Å²) in [7, 11) is 0. The van der Waals surface area contributed by atoms with Crippen LogP contribution in [0, 0.1) is 23.4 Å². The molecule has 3 unspecified atom stereocenters. The van der Waals surface area contributed by atoms with Crippen molar-refractivity contribution in [3.63, 3.8) is 0 Å². The second kappa shape index (κ2) is 11.5. The standard InChI is InChI=1S/C29H28F3N3O4/c30-19-3-1-18(2-4-19)26(36)12-11-24-27(35(28(24)37)21-7-5-20(31)6-8-21)23-10-9-22(17-25(23)32)39-29(38)34-15-13-33-14-16-34/h1-10,17,24,26-27,33,36H,11-16H2. The van der Waals surface area contributed by atoms with Gasteiger partial charge < -0.3 is 25.0 Å². The fraction of sp³-hybridized carbons (Fsp3) is 0.310. The number of nitrogens with one attached hydrogen (secondary N) is 1. The van der Waals surface area contributed by atoms with Crippen molar-refractivity contribution < 1.29 is 32.6 Å². The van der Waals surface area contributed by atoms with Crippen LogP contribution in [0.5, 0.6) is 5.75 Å². The summed E-state index contributed by atoms with van der Waals surface area (Å²) in [5.41, 5.74) is 1.13. The smallest absolute Gasteiger partial charge is 0.410 e. The molecule has 3 atom stereocenters. The fourth-order valence-corrected chi connectivity index (χ4v) is 5.09. The van der Waals surface area contributed by atoms with Gasteiger partial charge in [-0.05, 0) is 60.9 Å². The molecule has 2 saturated heterocycles. The van der Waals surface area contributed by atoms with Crippen molar-refractivity contribution in [2.45, 2.75) is 25.0 Å². The van der Waals surface area contributed by atoms with Crippen molar-refractivity contribution in [2.75, 3.05) is 31.1 Å². The minimum Gasteiger partial charge on any atom is -0.410 e.